The third-order valence-corrected chi connectivity index (χ3v) is 5.22. The van der Waals surface area contributed by atoms with E-state index in [1.807, 2.05) is 0 Å². The number of ether oxygens (including phenoxy) is 1. The molecule has 0 radical (unpaired) electrons. The van der Waals surface area contributed by atoms with E-state index in [2.05, 4.69) is 20.1 Å². The van der Waals surface area contributed by atoms with Gasteiger partial charge in [0.15, 0.2) is 5.65 Å². The van der Waals surface area contributed by atoms with Crippen molar-refractivity contribution < 1.29 is 31.5 Å². The third-order valence-electron chi connectivity index (χ3n) is 4.92. The van der Waals surface area contributed by atoms with Gasteiger partial charge in [-0.05, 0) is 44.0 Å². The van der Waals surface area contributed by atoms with E-state index in [0.29, 0.717) is 5.69 Å². The molecule has 0 bridgehead atoms. The number of aromatic nitrogens is 3. The van der Waals surface area contributed by atoms with Crippen LogP contribution in [0.4, 0.5) is 27.6 Å². The van der Waals surface area contributed by atoms with Crippen LogP contribution in [-0.2, 0) is 17.5 Å². The minimum Gasteiger partial charge on any atom is -0.433 e. The Bertz CT molecular complexity index is 1190. The van der Waals surface area contributed by atoms with Crippen LogP contribution in [0.5, 0.6) is 5.75 Å². The van der Waals surface area contributed by atoms with Gasteiger partial charge in [0, 0.05) is 17.3 Å². The molecule has 0 aliphatic heterocycles. The maximum Gasteiger partial charge on any atom is 0.417 e. The van der Waals surface area contributed by atoms with Gasteiger partial charge in [-0.25, -0.2) is 9.67 Å². The molecular weight excluding hydrogens is 459 g/mol. The molecule has 1 amide bonds. The molecule has 6 nitrogen and oxygen atoms in total. The Hall–Kier alpha value is -2.95. The molecular formula is C20H16ClF5N4O2. The highest BCUT2D eigenvalue weighted by Gasteiger charge is 2.37. The first-order valence-electron chi connectivity index (χ1n) is 9.52. The molecule has 0 saturated heterocycles. The summed E-state index contributed by atoms with van der Waals surface area (Å²) in [5.74, 6) is -0.904. The summed E-state index contributed by atoms with van der Waals surface area (Å²) in [6.07, 6.45) is -3.07. The molecule has 1 aliphatic carbocycles. The number of pyridine rings is 1. The minimum absolute atomic E-state index is 0.0203. The van der Waals surface area contributed by atoms with Crippen molar-refractivity contribution in [3.05, 3.63) is 46.2 Å². The number of fused-ring (bicyclic) bond motifs is 1. The number of carbonyl (C=O) groups is 1. The van der Waals surface area contributed by atoms with Gasteiger partial charge in [-0.15, -0.1) is 0 Å². The Labute approximate surface area is 183 Å². The van der Waals surface area contributed by atoms with Gasteiger partial charge in [-0.2, -0.15) is 27.1 Å². The maximum atomic E-state index is 13.7. The lowest BCUT2D eigenvalue weighted by molar-refractivity contribution is -0.136. The van der Waals surface area contributed by atoms with Crippen LogP contribution in [-0.4, -0.2) is 27.3 Å². The number of alkyl halides is 5. The van der Waals surface area contributed by atoms with Crippen LogP contribution in [0.1, 0.15) is 35.7 Å². The van der Waals surface area contributed by atoms with E-state index in [1.54, 1.807) is 0 Å². The van der Waals surface area contributed by atoms with Gasteiger partial charge >= 0.3 is 12.8 Å². The highest BCUT2D eigenvalue weighted by molar-refractivity contribution is 6.32. The van der Waals surface area contributed by atoms with Crippen molar-refractivity contribution >= 4 is 34.2 Å². The molecule has 1 N–H and O–H groups in total. The van der Waals surface area contributed by atoms with E-state index in [0.717, 1.165) is 29.7 Å². The van der Waals surface area contributed by atoms with Gasteiger partial charge in [-0.3, -0.25) is 4.79 Å². The van der Waals surface area contributed by atoms with E-state index in [1.165, 1.54) is 19.1 Å². The normalized spacial score (nSPS) is 14.2. The molecule has 170 valence electrons. The van der Waals surface area contributed by atoms with Crippen molar-refractivity contribution in [1.82, 2.24) is 14.8 Å². The number of benzene rings is 1. The first-order valence-corrected chi connectivity index (χ1v) is 9.90. The fraction of sp³-hybridized carbons (Fsp3) is 0.350. The molecule has 1 aliphatic rings. The summed E-state index contributed by atoms with van der Waals surface area (Å²) in [7, 11) is 0. The molecule has 0 spiro atoms. The number of hydrogen-bond acceptors (Lipinski definition) is 4. The first kappa shape index (κ1) is 22.3. The zero-order valence-electron chi connectivity index (χ0n) is 16.5. The van der Waals surface area contributed by atoms with Crippen molar-refractivity contribution in [2.45, 2.75) is 45.0 Å². The molecule has 4 rings (SSSR count). The fourth-order valence-corrected chi connectivity index (χ4v) is 3.63. The number of nitrogens with zero attached hydrogens (tertiary/aromatic N) is 3. The van der Waals surface area contributed by atoms with Crippen molar-refractivity contribution in [2.24, 2.45) is 0 Å². The topological polar surface area (TPSA) is 69.0 Å². The van der Waals surface area contributed by atoms with Gasteiger partial charge in [0.25, 0.3) is 0 Å². The molecule has 2 aromatic heterocycles. The molecule has 1 aromatic carbocycles. The Morgan fingerprint density at radius 2 is 2.03 bits per heavy atom. The zero-order valence-corrected chi connectivity index (χ0v) is 17.3. The van der Waals surface area contributed by atoms with Crippen LogP contribution >= 0.6 is 11.6 Å². The van der Waals surface area contributed by atoms with E-state index >= 15 is 0 Å². The number of amides is 1. The minimum atomic E-state index is -4.59. The smallest absolute Gasteiger partial charge is 0.417 e. The average Bonchev–Trinajstić information content (AvgIpc) is 3.48. The van der Waals surface area contributed by atoms with Crippen molar-refractivity contribution in [2.75, 3.05) is 5.32 Å². The lowest BCUT2D eigenvalue weighted by Gasteiger charge is -2.12. The first-order chi connectivity index (χ1) is 15.0. The van der Waals surface area contributed by atoms with Crippen LogP contribution < -0.4 is 10.1 Å². The van der Waals surface area contributed by atoms with Crippen LogP contribution in [0.25, 0.3) is 11.0 Å². The monoisotopic (exact) mass is 474 g/mol. The molecule has 1 fully saturated rings. The van der Waals surface area contributed by atoms with E-state index in [9.17, 15) is 26.7 Å². The van der Waals surface area contributed by atoms with Gasteiger partial charge in [0.05, 0.1) is 21.7 Å². The summed E-state index contributed by atoms with van der Waals surface area (Å²) < 4.78 is 71.0. The predicted molar refractivity (Wildman–Crippen MR) is 106 cm³/mol. The quantitative estimate of drug-likeness (QED) is 0.477. The van der Waals surface area contributed by atoms with E-state index in [-0.39, 0.29) is 39.1 Å². The highest BCUT2D eigenvalue weighted by Crippen LogP contribution is 2.43. The maximum absolute atomic E-state index is 13.7. The molecule has 12 heteroatoms. The molecule has 0 unspecified atom stereocenters. The van der Waals surface area contributed by atoms with Crippen LogP contribution in [0.15, 0.2) is 24.3 Å². The lowest BCUT2D eigenvalue weighted by Crippen LogP contribution is -2.20. The second kappa shape index (κ2) is 8.19. The molecule has 32 heavy (non-hydrogen) atoms. The molecule has 3 aromatic rings. The summed E-state index contributed by atoms with van der Waals surface area (Å²) >= 11 is 5.87. The van der Waals surface area contributed by atoms with Crippen molar-refractivity contribution in [1.29, 1.82) is 0 Å². The second-order valence-corrected chi connectivity index (χ2v) is 7.79. The standard InChI is InChI=1S/C20H16ClF5N4O2/c1-9-17-12(20(24,25)26)7-14(10-2-3-10)28-18(17)30(29-9)8-16(31)27-11-4-5-15(13(21)6-11)32-19(22)23/h4-7,10,19H,2-3,8H2,1H3,(H,27,31). The predicted octanol–water partition coefficient (Wildman–Crippen LogP) is 5.53. The second-order valence-electron chi connectivity index (χ2n) is 7.38. The number of rotatable bonds is 6. The summed E-state index contributed by atoms with van der Waals surface area (Å²) in [6, 6.07) is 4.74. The van der Waals surface area contributed by atoms with E-state index in [4.69, 9.17) is 11.6 Å². The fourth-order valence-electron chi connectivity index (χ4n) is 3.40. The third kappa shape index (κ3) is 4.62. The number of anilines is 1. The number of carbonyl (C=O) groups excluding carboxylic acids is 1. The van der Waals surface area contributed by atoms with E-state index < -0.39 is 30.8 Å². The summed E-state index contributed by atoms with van der Waals surface area (Å²) in [5.41, 5.74) is -0.222. The Morgan fingerprint density at radius 1 is 1.31 bits per heavy atom. The van der Waals surface area contributed by atoms with Crippen molar-refractivity contribution in [3.8, 4) is 5.75 Å². The van der Waals surface area contributed by atoms with Gasteiger partial charge in [0.2, 0.25) is 5.91 Å². The van der Waals surface area contributed by atoms with Gasteiger partial charge < -0.3 is 10.1 Å². The summed E-state index contributed by atoms with van der Waals surface area (Å²) in [6.45, 7) is -2.04. The summed E-state index contributed by atoms with van der Waals surface area (Å²) in [5, 5.41) is 6.31. The summed E-state index contributed by atoms with van der Waals surface area (Å²) in [4.78, 5) is 16.9. The number of nitrogens with one attached hydrogen (secondary N) is 1. The van der Waals surface area contributed by atoms with Gasteiger partial charge in [-0.1, -0.05) is 11.6 Å². The van der Waals surface area contributed by atoms with Crippen LogP contribution in [0, 0.1) is 6.92 Å². The largest absolute Gasteiger partial charge is 0.433 e. The Morgan fingerprint density at radius 3 is 2.62 bits per heavy atom. The zero-order chi connectivity index (χ0) is 23.2. The van der Waals surface area contributed by atoms with Gasteiger partial charge in [0.1, 0.15) is 12.3 Å². The SMILES string of the molecule is Cc1nn(CC(=O)Nc2ccc(OC(F)F)c(Cl)c2)c2nc(C3CC3)cc(C(F)(F)F)c12. The highest BCUT2D eigenvalue weighted by atomic mass is 35.5. The number of hydrogen-bond donors (Lipinski definition) is 1. The Balaban J connectivity index is 1.61. The molecule has 1 saturated carbocycles. The number of aryl methyl sites for hydroxylation is 1. The Kier molecular flexibility index (Phi) is 5.70. The van der Waals surface area contributed by atoms with Crippen LogP contribution in [0.3, 0.4) is 0 Å². The molecule has 2 heterocycles. The lowest BCUT2D eigenvalue weighted by atomic mass is 10.1. The van der Waals surface area contributed by atoms with Crippen LogP contribution in [0.2, 0.25) is 5.02 Å². The average molecular weight is 475 g/mol. The van der Waals surface area contributed by atoms with Crippen molar-refractivity contribution in [3.63, 3.8) is 0 Å². The molecule has 0 atom stereocenters. The number of halogens is 6.